The molecule has 17 nitrogen and oxygen atoms in total. The van der Waals surface area contributed by atoms with Gasteiger partial charge in [-0.25, -0.2) is 9.13 Å². The Bertz CT molecular complexity index is 2130. The lowest BCUT2D eigenvalue weighted by atomic mass is 10.0. The monoisotopic (exact) mass is 1460 g/mol. The molecule has 0 bridgehead atoms. The molecule has 0 aliphatic rings. The van der Waals surface area contributed by atoms with Crippen LogP contribution in [-0.4, -0.2) is 96.7 Å². The number of unbranched alkanes of at least 4 members (excludes halogenated alkanes) is 41. The SMILES string of the molecule is CC/C=C\C/C=C\C/C=C\CCCCCCCCCC(=O)OCC(COP(=O)(O)OCC(O)COP(=O)(O)OCC(COC(=O)CCCCCCCCCCCCCCCCC)OC(=O)CCCCCCC/C=C\C/C=C\CCC)OC(=O)CCCCCCCCCCCCCCCCC. The number of allylic oxidation sites excluding steroid dienone is 10. The quantitative estimate of drug-likeness (QED) is 0.0169. The van der Waals surface area contributed by atoms with Gasteiger partial charge in [-0.05, 0) is 83.5 Å². The summed E-state index contributed by atoms with van der Waals surface area (Å²) < 4.78 is 68.6. The van der Waals surface area contributed by atoms with E-state index in [0.717, 1.165) is 161 Å². The van der Waals surface area contributed by atoms with Gasteiger partial charge in [-0.2, -0.15) is 0 Å². The van der Waals surface area contributed by atoms with Gasteiger partial charge in [0.2, 0.25) is 0 Å². The molecule has 584 valence electrons. The largest absolute Gasteiger partial charge is 0.472 e. The topological polar surface area (TPSA) is 237 Å². The van der Waals surface area contributed by atoms with E-state index < -0.39 is 97.5 Å². The second kappa shape index (κ2) is 74.0. The second-order valence-electron chi connectivity index (χ2n) is 27.3. The Morgan fingerprint density at radius 1 is 0.290 bits per heavy atom. The molecule has 0 spiro atoms. The van der Waals surface area contributed by atoms with Crippen molar-refractivity contribution in [3.63, 3.8) is 0 Å². The molecule has 0 saturated carbocycles. The number of phosphoric acid groups is 2. The Labute approximate surface area is 610 Å². The van der Waals surface area contributed by atoms with E-state index in [1.165, 1.54) is 135 Å². The number of rotatable bonds is 77. The van der Waals surface area contributed by atoms with Crippen molar-refractivity contribution in [3.8, 4) is 0 Å². The number of aliphatic hydroxyl groups is 1. The molecule has 0 aromatic heterocycles. The molecule has 5 atom stereocenters. The first kappa shape index (κ1) is 96.8. The number of hydrogen-bond donors (Lipinski definition) is 3. The number of phosphoric ester groups is 2. The van der Waals surface area contributed by atoms with Crippen molar-refractivity contribution in [2.75, 3.05) is 39.6 Å². The van der Waals surface area contributed by atoms with Crippen LogP contribution in [-0.2, 0) is 65.4 Å². The summed E-state index contributed by atoms with van der Waals surface area (Å²) in [4.78, 5) is 73.0. The van der Waals surface area contributed by atoms with E-state index in [-0.39, 0.29) is 25.7 Å². The Morgan fingerprint density at radius 2 is 0.540 bits per heavy atom. The van der Waals surface area contributed by atoms with Gasteiger partial charge in [0.15, 0.2) is 12.2 Å². The van der Waals surface area contributed by atoms with Crippen molar-refractivity contribution in [2.45, 2.75) is 393 Å². The summed E-state index contributed by atoms with van der Waals surface area (Å²) in [6.07, 6.45) is 73.3. The number of ether oxygens (including phenoxy) is 4. The van der Waals surface area contributed by atoms with Crippen LogP contribution in [0.1, 0.15) is 374 Å². The molecular weight excluding hydrogens is 1310 g/mol. The first-order valence-corrected chi connectivity index (χ1v) is 43.5. The zero-order valence-corrected chi connectivity index (χ0v) is 65.7. The maximum absolute atomic E-state index is 13.1. The minimum atomic E-state index is -4.97. The first-order valence-electron chi connectivity index (χ1n) is 40.5. The summed E-state index contributed by atoms with van der Waals surface area (Å²) in [5.41, 5.74) is 0. The highest BCUT2D eigenvalue weighted by atomic mass is 31.2. The van der Waals surface area contributed by atoms with Crippen molar-refractivity contribution in [2.24, 2.45) is 0 Å². The van der Waals surface area contributed by atoms with Crippen LogP contribution in [0.15, 0.2) is 60.8 Å². The summed E-state index contributed by atoms with van der Waals surface area (Å²) in [6.45, 7) is 4.76. The highest BCUT2D eigenvalue weighted by Gasteiger charge is 2.30. The molecule has 100 heavy (non-hydrogen) atoms. The highest BCUT2D eigenvalue weighted by Crippen LogP contribution is 2.45. The fraction of sp³-hybridized carbons (Fsp3) is 0.827. The molecule has 0 aromatic rings. The van der Waals surface area contributed by atoms with Crippen molar-refractivity contribution < 1.29 is 80.2 Å². The molecule has 0 aliphatic heterocycles. The van der Waals surface area contributed by atoms with Crippen LogP contribution in [0.2, 0.25) is 0 Å². The zero-order valence-electron chi connectivity index (χ0n) is 63.9. The maximum atomic E-state index is 13.1. The van der Waals surface area contributed by atoms with E-state index in [0.29, 0.717) is 25.7 Å². The van der Waals surface area contributed by atoms with Crippen LogP contribution >= 0.6 is 15.6 Å². The van der Waals surface area contributed by atoms with E-state index in [1.54, 1.807) is 0 Å². The lowest BCUT2D eigenvalue weighted by molar-refractivity contribution is -0.161. The number of carbonyl (C=O) groups excluding carboxylic acids is 4. The van der Waals surface area contributed by atoms with Gasteiger partial charge in [0.1, 0.15) is 19.3 Å². The molecule has 5 unspecified atom stereocenters. The van der Waals surface area contributed by atoms with Gasteiger partial charge in [0.25, 0.3) is 0 Å². The third-order valence-corrected chi connectivity index (χ3v) is 19.4. The molecule has 0 rings (SSSR count). The molecule has 0 saturated heterocycles. The van der Waals surface area contributed by atoms with Crippen LogP contribution in [0.3, 0.4) is 0 Å². The van der Waals surface area contributed by atoms with Crippen LogP contribution in [0.25, 0.3) is 0 Å². The van der Waals surface area contributed by atoms with E-state index >= 15 is 0 Å². The van der Waals surface area contributed by atoms with Gasteiger partial charge in [-0.3, -0.25) is 37.3 Å². The summed E-state index contributed by atoms with van der Waals surface area (Å²) >= 11 is 0. The summed E-state index contributed by atoms with van der Waals surface area (Å²) in [7, 11) is -9.94. The fourth-order valence-corrected chi connectivity index (χ4v) is 12.9. The Kier molecular flexibility index (Phi) is 71.6. The van der Waals surface area contributed by atoms with Crippen LogP contribution in [0.4, 0.5) is 0 Å². The number of aliphatic hydroxyl groups excluding tert-OH is 1. The molecule has 3 N–H and O–H groups in total. The lowest BCUT2D eigenvalue weighted by Gasteiger charge is -2.21. The zero-order chi connectivity index (χ0) is 73.2. The Morgan fingerprint density at radius 3 is 0.840 bits per heavy atom. The summed E-state index contributed by atoms with van der Waals surface area (Å²) in [5.74, 6) is -2.16. The van der Waals surface area contributed by atoms with Crippen LogP contribution in [0.5, 0.6) is 0 Å². The van der Waals surface area contributed by atoms with E-state index in [4.69, 9.17) is 37.0 Å². The van der Waals surface area contributed by atoms with Crippen molar-refractivity contribution in [1.82, 2.24) is 0 Å². The minimum absolute atomic E-state index is 0.0844. The normalized spacial score (nSPS) is 14.2. The molecule has 0 aliphatic carbocycles. The van der Waals surface area contributed by atoms with Gasteiger partial charge in [-0.1, -0.05) is 326 Å². The Hall–Kier alpha value is -3.24. The molecule has 0 heterocycles. The summed E-state index contributed by atoms with van der Waals surface area (Å²) in [5, 5.41) is 10.6. The maximum Gasteiger partial charge on any atom is 0.472 e. The fourth-order valence-electron chi connectivity index (χ4n) is 11.3. The summed E-state index contributed by atoms with van der Waals surface area (Å²) in [6, 6.07) is 0. The molecule has 0 radical (unpaired) electrons. The van der Waals surface area contributed by atoms with E-state index in [2.05, 4.69) is 88.5 Å². The van der Waals surface area contributed by atoms with Crippen molar-refractivity contribution >= 4 is 39.5 Å². The van der Waals surface area contributed by atoms with Crippen molar-refractivity contribution in [3.05, 3.63) is 60.8 Å². The molecule has 0 fully saturated rings. The minimum Gasteiger partial charge on any atom is -0.462 e. The van der Waals surface area contributed by atoms with Crippen molar-refractivity contribution in [1.29, 1.82) is 0 Å². The Balaban J connectivity index is 5.31. The van der Waals surface area contributed by atoms with E-state index in [9.17, 15) is 43.2 Å². The predicted molar refractivity (Wildman–Crippen MR) is 409 cm³/mol. The molecule has 19 heteroatoms. The molecule has 0 aromatic carbocycles. The average Bonchev–Trinajstić information content (AvgIpc) is 1.06. The number of carbonyl (C=O) groups is 4. The standard InChI is InChI=1S/C81H148O17P2/c1-5-9-13-17-21-25-29-33-36-37-40-43-46-50-54-58-62-66-79(84)92-72-77(98-81(86)68-64-60-56-52-48-44-39-35-31-27-23-19-15-11-7-3)74-96-100(89,90)94-70-75(82)69-93-99(87,88)95-73-76(97-80(85)67-63-59-55-51-47-41-32-28-24-20-16-12-8-4)71-91-78(83)65-61-57-53-49-45-42-38-34-30-26-22-18-14-10-6-2/h9,13,16,20-21,25,28,32-33,36,75-77,82H,5-8,10-12,14-15,17-19,22-24,26-27,29-31,34-35,37-74H2,1-4H3,(H,87,88)(H,89,90)/b13-9-,20-16-,25-21-,32-28-,36-33-. The molecular formula is C81H148O17P2. The van der Waals surface area contributed by atoms with Gasteiger partial charge in [-0.15, -0.1) is 0 Å². The third kappa shape index (κ3) is 73.1. The smallest absolute Gasteiger partial charge is 0.462 e. The number of hydrogen-bond acceptors (Lipinski definition) is 15. The van der Waals surface area contributed by atoms with Gasteiger partial charge >= 0.3 is 39.5 Å². The first-order chi connectivity index (χ1) is 48.7. The number of esters is 4. The van der Waals surface area contributed by atoms with Crippen LogP contribution < -0.4 is 0 Å². The average molecular weight is 1460 g/mol. The van der Waals surface area contributed by atoms with Crippen LogP contribution in [0, 0.1) is 0 Å². The predicted octanol–water partition coefficient (Wildman–Crippen LogP) is 23.5. The van der Waals surface area contributed by atoms with E-state index in [1.807, 2.05) is 0 Å². The highest BCUT2D eigenvalue weighted by molar-refractivity contribution is 7.47. The second-order valence-corrected chi connectivity index (χ2v) is 30.3. The lowest BCUT2D eigenvalue weighted by Crippen LogP contribution is -2.30. The molecule has 0 amide bonds. The van der Waals surface area contributed by atoms with Gasteiger partial charge in [0.05, 0.1) is 26.4 Å². The van der Waals surface area contributed by atoms with Gasteiger partial charge < -0.3 is 33.8 Å². The third-order valence-electron chi connectivity index (χ3n) is 17.5. The van der Waals surface area contributed by atoms with Gasteiger partial charge in [0, 0.05) is 25.7 Å².